The van der Waals surface area contributed by atoms with Crippen molar-refractivity contribution in [1.29, 1.82) is 0 Å². The van der Waals surface area contributed by atoms with Crippen LogP contribution in [0.4, 0.5) is 48.3 Å². The molecule has 0 saturated carbocycles. The van der Waals surface area contributed by atoms with Crippen LogP contribution in [0, 0.1) is 0 Å². The predicted molar refractivity (Wildman–Crippen MR) is 48.2 cm³/mol. The number of halogens is 11. The van der Waals surface area contributed by atoms with Crippen molar-refractivity contribution in [2.24, 2.45) is 0 Å². The highest BCUT2D eigenvalue weighted by atomic mass is 19.4. The molecule has 0 saturated heterocycles. The minimum Gasteiger partial charge on any atom is -0.461 e. The van der Waals surface area contributed by atoms with Crippen LogP contribution in [0.5, 0.6) is 0 Å². The molecule has 0 spiro atoms. The van der Waals surface area contributed by atoms with Crippen molar-refractivity contribution in [2.45, 2.75) is 43.6 Å². The molecule has 0 radical (unpaired) electrons. The molecule has 0 amide bonds. The van der Waals surface area contributed by atoms with E-state index in [1.165, 1.54) is 6.92 Å². The molecule has 138 valence electrons. The van der Waals surface area contributed by atoms with Gasteiger partial charge in [0.2, 0.25) is 0 Å². The fourth-order valence-corrected chi connectivity index (χ4v) is 0.909. The van der Waals surface area contributed by atoms with E-state index < -0.39 is 42.8 Å². The Kier molecular flexibility index (Phi) is 5.91. The molecule has 0 aromatic heterocycles. The summed E-state index contributed by atoms with van der Waals surface area (Å²) in [5, 5.41) is 0. The number of esters is 1. The maximum atomic E-state index is 13.4. The molecule has 0 aliphatic heterocycles. The molecule has 0 heterocycles. The summed E-state index contributed by atoms with van der Waals surface area (Å²) in [6.07, 6.45) is -21.1. The number of ether oxygens (including phenoxy) is 2. The molecule has 3 nitrogen and oxygen atoms in total. The van der Waals surface area contributed by atoms with Crippen LogP contribution in [-0.2, 0) is 14.3 Å². The Morgan fingerprint density at radius 1 is 0.826 bits per heavy atom. The van der Waals surface area contributed by atoms with Gasteiger partial charge >= 0.3 is 36.2 Å². The topological polar surface area (TPSA) is 35.5 Å². The third-order valence-electron chi connectivity index (χ3n) is 2.05. The van der Waals surface area contributed by atoms with Gasteiger partial charge in [-0.25, -0.2) is 4.79 Å². The van der Waals surface area contributed by atoms with Gasteiger partial charge in [0.05, 0.1) is 6.61 Å². The Hall–Kier alpha value is -1.34. The summed E-state index contributed by atoms with van der Waals surface area (Å²) in [4.78, 5) is 10.8. The number of carbonyl (C=O) groups is 1. The minimum absolute atomic E-state index is 0.241. The lowest BCUT2D eigenvalue weighted by atomic mass is 10.2. The van der Waals surface area contributed by atoms with Crippen molar-refractivity contribution in [3.63, 3.8) is 0 Å². The maximum Gasteiger partial charge on any atom is 0.462 e. The Labute approximate surface area is 120 Å². The molecule has 0 N–H and O–H groups in total. The van der Waals surface area contributed by atoms with Crippen LogP contribution in [0.3, 0.4) is 0 Å². The van der Waals surface area contributed by atoms with Gasteiger partial charge in [0.1, 0.15) is 0 Å². The van der Waals surface area contributed by atoms with Crippen LogP contribution < -0.4 is 0 Å². The summed E-state index contributed by atoms with van der Waals surface area (Å²) in [5.74, 6) is -16.7. The second-order valence-electron chi connectivity index (χ2n) is 3.92. The van der Waals surface area contributed by atoms with Gasteiger partial charge in [-0.05, 0) is 6.42 Å². The van der Waals surface area contributed by atoms with Gasteiger partial charge in [-0.15, -0.1) is 0 Å². The molecule has 0 bridgehead atoms. The monoisotopic (exact) mass is 372 g/mol. The first-order valence-electron chi connectivity index (χ1n) is 5.39. The van der Waals surface area contributed by atoms with Crippen LogP contribution >= 0.6 is 0 Å². The van der Waals surface area contributed by atoms with E-state index in [1.54, 1.807) is 0 Å². The van der Waals surface area contributed by atoms with Crippen molar-refractivity contribution >= 4 is 5.97 Å². The van der Waals surface area contributed by atoms with Gasteiger partial charge in [0.15, 0.2) is 0 Å². The maximum absolute atomic E-state index is 13.4. The first-order chi connectivity index (χ1) is 9.94. The Bertz CT molecular complexity index is 427. The van der Waals surface area contributed by atoms with E-state index in [2.05, 4.69) is 4.74 Å². The molecule has 23 heavy (non-hydrogen) atoms. The fourth-order valence-electron chi connectivity index (χ4n) is 0.909. The SMILES string of the molecule is CCCOC(=O)C(F)(OC(F)(F)C(F)(F)C(F)(F)F)C(F)(F)F. The van der Waals surface area contributed by atoms with E-state index in [-0.39, 0.29) is 6.42 Å². The van der Waals surface area contributed by atoms with Gasteiger partial charge in [-0.2, -0.15) is 48.3 Å². The Balaban J connectivity index is 5.78. The van der Waals surface area contributed by atoms with E-state index in [0.29, 0.717) is 0 Å². The average molecular weight is 372 g/mol. The average Bonchev–Trinajstić information content (AvgIpc) is 2.32. The van der Waals surface area contributed by atoms with Crippen molar-refractivity contribution in [3.05, 3.63) is 0 Å². The lowest BCUT2D eigenvalue weighted by Gasteiger charge is -2.33. The number of rotatable bonds is 6. The smallest absolute Gasteiger partial charge is 0.461 e. The van der Waals surface area contributed by atoms with Crippen LogP contribution in [0.25, 0.3) is 0 Å². The highest BCUT2D eigenvalue weighted by Crippen LogP contribution is 2.51. The number of hydrogen-bond donors (Lipinski definition) is 0. The zero-order valence-corrected chi connectivity index (χ0v) is 10.8. The van der Waals surface area contributed by atoms with Gasteiger partial charge < -0.3 is 4.74 Å². The van der Waals surface area contributed by atoms with E-state index in [1.807, 2.05) is 4.74 Å². The fraction of sp³-hybridized carbons (Fsp3) is 0.889. The van der Waals surface area contributed by atoms with Gasteiger partial charge in [0, 0.05) is 0 Å². The zero-order chi connectivity index (χ0) is 18.9. The molecule has 0 aromatic carbocycles. The molecule has 0 rings (SSSR count). The summed E-state index contributed by atoms with van der Waals surface area (Å²) in [6, 6.07) is 0. The predicted octanol–water partition coefficient (Wildman–Crippen LogP) is 3.97. The summed E-state index contributed by atoms with van der Waals surface area (Å²) >= 11 is 0. The van der Waals surface area contributed by atoms with E-state index in [4.69, 9.17) is 0 Å². The quantitative estimate of drug-likeness (QED) is 0.523. The molecule has 14 heteroatoms. The minimum atomic E-state index is -7.21. The van der Waals surface area contributed by atoms with Crippen molar-refractivity contribution in [3.8, 4) is 0 Å². The first-order valence-corrected chi connectivity index (χ1v) is 5.39. The Morgan fingerprint density at radius 3 is 1.57 bits per heavy atom. The third-order valence-corrected chi connectivity index (χ3v) is 2.05. The summed E-state index contributed by atoms with van der Waals surface area (Å²) in [6.45, 7) is 0.208. The highest BCUT2D eigenvalue weighted by Gasteiger charge is 2.80. The van der Waals surface area contributed by atoms with Crippen LogP contribution in [0.1, 0.15) is 13.3 Å². The second kappa shape index (κ2) is 6.28. The standard InChI is InChI=1S/C9H7F11O3/c1-2-3-22-4(21)5(10,7(13,14)15)23-9(19,20)6(11,12)8(16,17)18/h2-3H2,1H3. The molecular formula is C9H7F11O3. The molecule has 0 aliphatic carbocycles. The largest absolute Gasteiger partial charge is 0.462 e. The molecule has 1 unspecified atom stereocenters. The third kappa shape index (κ3) is 4.14. The summed E-state index contributed by atoms with van der Waals surface area (Å²) in [7, 11) is 0. The summed E-state index contributed by atoms with van der Waals surface area (Å²) in [5.41, 5.74) is 0. The molecule has 0 aliphatic rings. The lowest BCUT2D eigenvalue weighted by Crippen LogP contribution is -2.61. The van der Waals surface area contributed by atoms with Gasteiger partial charge in [-0.3, -0.25) is 4.74 Å². The molecular weight excluding hydrogens is 365 g/mol. The van der Waals surface area contributed by atoms with Crippen molar-refractivity contribution in [2.75, 3.05) is 6.61 Å². The van der Waals surface area contributed by atoms with Crippen molar-refractivity contribution < 1.29 is 62.6 Å². The van der Waals surface area contributed by atoms with E-state index in [0.717, 1.165) is 0 Å². The number of carbonyl (C=O) groups excluding carboxylic acids is 1. The zero-order valence-electron chi connectivity index (χ0n) is 10.8. The normalized spacial score (nSPS) is 16.9. The van der Waals surface area contributed by atoms with Gasteiger partial charge in [-0.1, -0.05) is 6.92 Å². The van der Waals surface area contributed by atoms with Crippen molar-refractivity contribution in [1.82, 2.24) is 0 Å². The highest BCUT2D eigenvalue weighted by molar-refractivity contribution is 5.78. The second-order valence-corrected chi connectivity index (χ2v) is 3.92. The molecule has 1 atom stereocenters. The summed E-state index contributed by atoms with van der Waals surface area (Å²) < 4.78 is 142. The van der Waals surface area contributed by atoms with E-state index in [9.17, 15) is 53.1 Å². The van der Waals surface area contributed by atoms with Crippen LogP contribution in [0.2, 0.25) is 0 Å². The van der Waals surface area contributed by atoms with Crippen LogP contribution in [-0.4, -0.2) is 42.8 Å². The first kappa shape index (κ1) is 21.7. The number of hydrogen-bond acceptors (Lipinski definition) is 3. The van der Waals surface area contributed by atoms with E-state index >= 15 is 0 Å². The Morgan fingerprint density at radius 2 is 1.26 bits per heavy atom. The van der Waals surface area contributed by atoms with Gasteiger partial charge in [0.25, 0.3) is 0 Å². The lowest BCUT2D eigenvalue weighted by molar-refractivity contribution is -0.475. The number of alkyl halides is 11. The van der Waals surface area contributed by atoms with Crippen LogP contribution in [0.15, 0.2) is 0 Å². The molecule has 0 fully saturated rings. The molecule has 0 aromatic rings.